The van der Waals surface area contributed by atoms with E-state index in [4.69, 9.17) is 4.74 Å². The first-order chi connectivity index (χ1) is 6.26. The molecule has 0 aromatic carbocycles. The highest BCUT2D eigenvalue weighted by atomic mass is 16.5. The quantitative estimate of drug-likeness (QED) is 0.527. The van der Waals surface area contributed by atoms with Gasteiger partial charge in [0.2, 0.25) is 0 Å². The fourth-order valence-corrected chi connectivity index (χ4v) is 2.64. The van der Waals surface area contributed by atoms with Gasteiger partial charge in [-0.3, -0.25) is 4.90 Å². The summed E-state index contributed by atoms with van der Waals surface area (Å²) in [5.74, 6) is 0.663. The monoisotopic (exact) mass is 181 g/mol. The highest BCUT2D eigenvalue weighted by Crippen LogP contribution is 2.36. The highest BCUT2D eigenvalue weighted by molar-refractivity contribution is 5.07. The van der Waals surface area contributed by atoms with Gasteiger partial charge >= 0.3 is 0 Å². The molecule has 2 heteroatoms. The third-order valence-corrected chi connectivity index (χ3v) is 3.74. The molecule has 2 atom stereocenters. The predicted molar refractivity (Wildman–Crippen MR) is 53.7 cm³/mol. The van der Waals surface area contributed by atoms with E-state index in [-0.39, 0.29) is 0 Å². The maximum atomic E-state index is 5.51. The van der Waals surface area contributed by atoms with E-state index in [9.17, 15) is 0 Å². The minimum absolute atomic E-state index is 0.396. The van der Waals surface area contributed by atoms with Crippen molar-refractivity contribution in [2.24, 2.45) is 5.92 Å². The van der Waals surface area contributed by atoms with Gasteiger partial charge in [0.15, 0.2) is 0 Å². The van der Waals surface area contributed by atoms with Gasteiger partial charge in [-0.15, -0.1) is 0 Å². The summed E-state index contributed by atoms with van der Waals surface area (Å²) in [5.41, 5.74) is 0.396. The summed E-state index contributed by atoms with van der Waals surface area (Å²) < 4.78 is 5.51. The number of likely N-dealkylation sites (N-methyl/N-ethyl adjacent to an activating group) is 1. The second-order valence-corrected chi connectivity index (χ2v) is 4.39. The number of nitrogens with zero attached hydrogens (tertiary/aromatic N) is 1. The molecule has 0 N–H and O–H groups in total. The van der Waals surface area contributed by atoms with Crippen molar-refractivity contribution in [1.82, 2.24) is 4.90 Å². The molecule has 0 aromatic heterocycles. The van der Waals surface area contributed by atoms with E-state index in [0.717, 1.165) is 19.8 Å². The Labute approximate surface area is 80.6 Å². The third kappa shape index (κ3) is 1.42. The first-order valence-electron chi connectivity index (χ1n) is 5.20. The molecule has 0 amide bonds. The predicted octanol–water partition coefficient (Wildman–Crippen LogP) is 1.67. The molecule has 1 saturated heterocycles. The molecule has 0 radical (unpaired) electrons. The minimum Gasteiger partial charge on any atom is -0.381 e. The van der Waals surface area contributed by atoms with Crippen molar-refractivity contribution in [3.63, 3.8) is 0 Å². The van der Waals surface area contributed by atoms with E-state index < -0.39 is 0 Å². The number of ether oxygens (including phenoxy) is 1. The Bertz CT molecular complexity index is 214. The zero-order valence-electron chi connectivity index (χ0n) is 8.62. The van der Waals surface area contributed by atoms with Crippen LogP contribution in [0.2, 0.25) is 0 Å². The normalized spacial score (nSPS) is 41.2. The lowest BCUT2D eigenvalue weighted by Crippen LogP contribution is -2.56. The molecule has 2 aliphatic rings. The summed E-state index contributed by atoms with van der Waals surface area (Å²) in [6.07, 6.45) is 7.00. The molecule has 0 aliphatic carbocycles. The van der Waals surface area contributed by atoms with Crippen LogP contribution in [-0.4, -0.2) is 37.2 Å². The van der Waals surface area contributed by atoms with Crippen LogP contribution in [0.25, 0.3) is 0 Å². The average Bonchev–Trinajstić information content (AvgIpc) is 2.15. The van der Waals surface area contributed by atoms with Crippen molar-refractivity contribution in [2.45, 2.75) is 25.3 Å². The zero-order chi connectivity index (χ0) is 9.31. The van der Waals surface area contributed by atoms with Crippen molar-refractivity contribution in [2.75, 3.05) is 26.8 Å². The molecule has 74 valence electrons. The minimum atomic E-state index is 0.396. The second-order valence-electron chi connectivity index (χ2n) is 4.39. The van der Waals surface area contributed by atoms with Crippen LogP contribution in [0.3, 0.4) is 0 Å². The molecule has 2 nitrogen and oxygen atoms in total. The standard InChI is InChI=1S/C11H19NO/c1-10-9-13-8-6-11(10)5-3-4-7-12(11)2/h3-4,10H,5-9H2,1-2H3/t10-,11+/m0/s1. The Balaban J connectivity index is 2.19. The molecular formula is C11H19NO. The summed E-state index contributed by atoms with van der Waals surface area (Å²) in [6, 6.07) is 0. The van der Waals surface area contributed by atoms with Crippen LogP contribution in [0.15, 0.2) is 12.2 Å². The third-order valence-electron chi connectivity index (χ3n) is 3.74. The Kier molecular flexibility index (Phi) is 2.43. The molecule has 1 spiro atoms. The number of hydrogen-bond donors (Lipinski definition) is 0. The maximum absolute atomic E-state index is 5.51. The van der Waals surface area contributed by atoms with Gasteiger partial charge in [0, 0.05) is 18.7 Å². The summed E-state index contributed by atoms with van der Waals surface area (Å²) >= 11 is 0. The Morgan fingerprint density at radius 2 is 2.31 bits per heavy atom. The summed E-state index contributed by atoms with van der Waals surface area (Å²) in [6.45, 7) is 5.28. The molecular weight excluding hydrogens is 162 g/mol. The lowest BCUT2D eigenvalue weighted by molar-refractivity contribution is -0.0589. The lowest BCUT2D eigenvalue weighted by Gasteiger charge is -2.50. The first-order valence-corrected chi connectivity index (χ1v) is 5.20. The van der Waals surface area contributed by atoms with E-state index in [2.05, 4.69) is 31.0 Å². The van der Waals surface area contributed by atoms with E-state index in [1.54, 1.807) is 0 Å². The molecule has 0 saturated carbocycles. The average molecular weight is 181 g/mol. The fraction of sp³-hybridized carbons (Fsp3) is 0.818. The van der Waals surface area contributed by atoms with Crippen molar-refractivity contribution in [3.8, 4) is 0 Å². The number of rotatable bonds is 0. The van der Waals surface area contributed by atoms with Crippen molar-refractivity contribution >= 4 is 0 Å². The first kappa shape index (κ1) is 9.22. The van der Waals surface area contributed by atoms with E-state index in [1.807, 2.05) is 0 Å². The lowest BCUT2D eigenvalue weighted by atomic mass is 9.76. The van der Waals surface area contributed by atoms with E-state index in [0.29, 0.717) is 11.5 Å². The van der Waals surface area contributed by atoms with Gasteiger partial charge in [-0.1, -0.05) is 19.1 Å². The van der Waals surface area contributed by atoms with Gasteiger partial charge in [0.05, 0.1) is 6.61 Å². The molecule has 13 heavy (non-hydrogen) atoms. The zero-order valence-corrected chi connectivity index (χ0v) is 8.62. The summed E-state index contributed by atoms with van der Waals surface area (Å²) in [5, 5.41) is 0. The van der Waals surface area contributed by atoms with Gasteiger partial charge in [0.1, 0.15) is 0 Å². The van der Waals surface area contributed by atoms with Gasteiger partial charge in [0.25, 0.3) is 0 Å². The van der Waals surface area contributed by atoms with Gasteiger partial charge < -0.3 is 4.74 Å². The van der Waals surface area contributed by atoms with Crippen LogP contribution in [0.1, 0.15) is 19.8 Å². The highest BCUT2D eigenvalue weighted by Gasteiger charge is 2.41. The van der Waals surface area contributed by atoms with Crippen LogP contribution in [0.4, 0.5) is 0 Å². The fourth-order valence-electron chi connectivity index (χ4n) is 2.64. The van der Waals surface area contributed by atoms with Crippen LogP contribution in [0, 0.1) is 5.92 Å². The smallest absolute Gasteiger partial charge is 0.0509 e. The van der Waals surface area contributed by atoms with Crippen molar-refractivity contribution in [3.05, 3.63) is 12.2 Å². The Hall–Kier alpha value is -0.340. The molecule has 0 bridgehead atoms. The molecule has 2 rings (SSSR count). The van der Waals surface area contributed by atoms with Gasteiger partial charge in [-0.25, -0.2) is 0 Å². The Morgan fingerprint density at radius 1 is 1.46 bits per heavy atom. The molecule has 0 aromatic rings. The van der Waals surface area contributed by atoms with Gasteiger partial charge in [-0.2, -0.15) is 0 Å². The summed E-state index contributed by atoms with van der Waals surface area (Å²) in [7, 11) is 2.24. The van der Waals surface area contributed by atoms with Crippen molar-refractivity contribution in [1.29, 1.82) is 0 Å². The van der Waals surface area contributed by atoms with Gasteiger partial charge in [-0.05, 0) is 25.8 Å². The van der Waals surface area contributed by atoms with E-state index >= 15 is 0 Å². The maximum Gasteiger partial charge on any atom is 0.0509 e. The van der Waals surface area contributed by atoms with E-state index in [1.165, 1.54) is 12.8 Å². The van der Waals surface area contributed by atoms with Crippen LogP contribution in [0.5, 0.6) is 0 Å². The molecule has 2 aliphatic heterocycles. The topological polar surface area (TPSA) is 12.5 Å². The summed E-state index contributed by atoms with van der Waals surface area (Å²) in [4.78, 5) is 2.50. The SMILES string of the molecule is C[C@H]1COCC[C@]12CC=CCN2C. The molecule has 1 fully saturated rings. The number of hydrogen-bond acceptors (Lipinski definition) is 2. The second kappa shape index (κ2) is 3.43. The largest absolute Gasteiger partial charge is 0.381 e. The van der Waals surface area contributed by atoms with Crippen LogP contribution < -0.4 is 0 Å². The molecule has 0 unspecified atom stereocenters. The van der Waals surface area contributed by atoms with Crippen LogP contribution in [-0.2, 0) is 4.74 Å². The van der Waals surface area contributed by atoms with Crippen molar-refractivity contribution < 1.29 is 4.74 Å². The van der Waals surface area contributed by atoms with Crippen LogP contribution >= 0.6 is 0 Å². The Morgan fingerprint density at radius 3 is 3.00 bits per heavy atom. The molecule has 2 heterocycles.